The molecule has 0 spiro atoms. The van der Waals surface area contributed by atoms with Gasteiger partial charge in [0, 0.05) is 26.6 Å². The second-order valence-corrected chi connectivity index (χ2v) is 6.96. The number of nitrogens with zero attached hydrogens (tertiary/aromatic N) is 3. The Hall–Kier alpha value is -1.80. The number of aromatic nitrogens is 1. The average Bonchev–Trinajstić information content (AvgIpc) is 2.98. The van der Waals surface area contributed by atoms with E-state index in [0.717, 1.165) is 25.2 Å². The first-order chi connectivity index (χ1) is 11.7. The molecule has 0 saturated carbocycles. The lowest BCUT2D eigenvalue weighted by Gasteiger charge is -2.04. The molecule has 6 heteroatoms. The lowest BCUT2D eigenvalue weighted by atomic mass is 10.2. The minimum atomic E-state index is -0.249. The van der Waals surface area contributed by atoms with E-state index in [0.29, 0.717) is 6.54 Å². The van der Waals surface area contributed by atoms with E-state index in [4.69, 9.17) is 0 Å². The van der Waals surface area contributed by atoms with Gasteiger partial charge < -0.3 is 0 Å². The van der Waals surface area contributed by atoms with Gasteiger partial charge in [-0.3, -0.25) is 4.99 Å². The fourth-order valence-corrected chi connectivity index (χ4v) is 3.60. The Morgan fingerprint density at radius 2 is 1.92 bits per heavy atom. The van der Waals surface area contributed by atoms with Crippen molar-refractivity contribution in [1.82, 2.24) is 4.68 Å². The zero-order chi connectivity index (χ0) is 16.9. The molecule has 2 aromatic carbocycles. The van der Waals surface area contributed by atoms with E-state index in [2.05, 4.69) is 32.7 Å². The second-order valence-electron chi connectivity index (χ2n) is 4.96. The van der Waals surface area contributed by atoms with Crippen LogP contribution in [0.4, 0.5) is 4.39 Å². The summed E-state index contributed by atoms with van der Waals surface area (Å²) in [5.41, 5.74) is 2.85. The quantitative estimate of drug-likeness (QED) is 0.405. The molecule has 3 rings (SSSR count). The minimum Gasteiger partial charge on any atom is -0.258 e. The van der Waals surface area contributed by atoms with Crippen molar-refractivity contribution in [2.45, 2.75) is 6.92 Å². The van der Waals surface area contributed by atoms with Crippen LogP contribution in [0.2, 0.25) is 0 Å². The summed E-state index contributed by atoms with van der Waals surface area (Å²) in [6, 6.07) is 14.5. The summed E-state index contributed by atoms with van der Waals surface area (Å²) >= 11 is 3.81. The van der Waals surface area contributed by atoms with Crippen LogP contribution in [0.3, 0.4) is 0 Å². The van der Waals surface area contributed by atoms with Crippen LogP contribution in [0.5, 0.6) is 0 Å². The molecule has 3 nitrogen and oxygen atoms in total. The highest BCUT2D eigenvalue weighted by Crippen LogP contribution is 2.20. The molecule has 0 unspecified atom stereocenters. The zero-order valence-electron chi connectivity index (χ0n) is 13.0. The fourth-order valence-electron chi connectivity index (χ4n) is 2.17. The third kappa shape index (κ3) is 3.81. The Bertz CT molecular complexity index is 926. The number of halogens is 2. The van der Waals surface area contributed by atoms with Gasteiger partial charge in [-0.25, -0.2) is 9.07 Å². The van der Waals surface area contributed by atoms with Gasteiger partial charge in [0.2, 0.25) is 4.80 Å². The molecule has 3 aromatic rings. The van der Waals surface area contributed by atoms with Gasteiger partial charge in [0.05, 0.1) is 11.9 Å². The zero-order valence-corrected chi connectivity index (χ0v) is 16.0. The molecule has 0 bridgehead atoms. The van der Waals surface area contributed by atoms with E-state index in [9.17, 15) is 4.39 Å². The normalized spacial score (nSPS) is 12.2. The highest BCUT2D eigenvalue weighted by Gasteiger charge is 2.07. The van der Waals surface area contributed by atoms with Crippen molar-refractivity contribution in [2.24, 2.45) is 10.1 Å². The van der Waals surface area contributed by atoms with Crippen LogP contribution in [0.25, 0.3) is 11.3 Å². The SMILES string of the molecule is CCN=c1scc(-c2ccc(F)cc2)n1/N=C/c1ccccc1I. The monoisotopic (exact) mass is 451 g/mol. The van der Waals surface area contributed by atoms with Gasteiger partial charge in [-0.15, -0.1) is 11.3 Å². The topological polar surface area (TPSA) is 29.6 Å². The van der Waals surface area contributed by atoms with Gasteiger partial charge >= 0.3 is 0 Å². The van der Waals surface area contributed by atoms with Gasteiger partial charge in [0.15, 0.2) is 0 Å². The van der Waals surface area contributed by atoms with Crippen LogP contribution in [0, 0.1) is 9.39 Å². The second kappa shape index (κ2) is 7.85. The predicted molar refractivity (Wildman–Crippen MR) is 106 cm³/mol. The molecule has 0 aliphatic rings. The van der Waals surface area contributed by atoms with Crippen LogP contribution in [0.1, 0.15) is 12.5 Å². The van der Waals surface area contributed by atoms with E-state index < -0.39 is 0 Å². The minimum absolute atomic E-state index is 0.249. The summed E-state index contributed by atoms with van der Waals surface area (Å²) in [4.78, 5) is 5.32. The standard InChI is InChI=1S/C18H15FIN3S/c1-2-21-18-23(22-11-14-5-3-4-6-16(14)20)17(12-24-18)13-7-9-15(19)10-8-13/h3-12H,2H2,1H3/b21-18?,22-11+. The molecule has 1 heterocycles. The maximum Gasteiger partial charge on any atom is 0.206 e. The van der Waals surface area contributed by atoms with Crippen molar-refractivity contribution in [3.8, 4) is 11.3 Å². The molecule has 0 atom stereocenters. The number of hydrogen-bond acceptors (Lipinski definition) is 3. The van der Waals surface area contributed by atoms with Gasteiger partial charge in [0.1, 0.15) is 5.82 Å². The first-order valence-corrected chi connectivity index (χ1v) is 9.40. The first-order valence-electron chi connectivity index (χ1n) is 7.45. The number of benzene rings is 2. The first kappa shape index (κ1) is 17.0. The molecule has 0 aliphatic heterocycles. The van der Waals surface area contributed by atoms with Crippen molar-refractivity contribution < 1.29 is 4.39 Å². The Morgan fingerprint density at radius 3 is 2.62 bits per heavy atom. The van der Waals surface area contributed by atoms with Gasteiger partial charge in [-0.1, -0.05) is 18.2 Å². The van der Waals surface area contributed by atoms with Crippen LogP contribution in [-0.2, 0) is 0 Å². The molecule has 0 radical (unpaired) electrons. The van der Waals surface area contributed by atoms with E-state index in [1.54, 1.807) is 12.1 Å². The molecule has 0 fully saturated rings. The number of rotatable bonds is 4. The van der Waals surface area contributed by atoms with Gasteiger partial charge in [-0.2, -0.15) is 5.10 Å². The fraction of sp³-hybridized carbons (Fsp3) is 0.111. The molecule has 0 amide bonds. The molecule has 0 saturated heterocycles. The highest BCUT2D eigenvalue weighted by atomic mass is 127. The molecular formula is C18H15FIN3S. The lowest BCUT2D eigenvalue weighted by molar-refractivity contribution is 0.628. The van der Waals surface area contributed by atoms with Crippen molar-refractivity contribution in [3.63, 3.8) is 0 Å². The average molecular weight is 451 g/mol. The summed E-state index contributed by atoms with van der Waals surface area (Å²) in [5.74, 6) is -0.249. The Kier molecular flexibility index (Phi) is 5.57. The summed E-state index contributed by atoms with van der Waals surface area (Å²) < 4.78 is 16.1. The summed E-state index contributed by atoms with van der Waals surface area (Å²) in [7, 11) is 0. The van der Waals surface area contributed by atoms with Crippen LogP contribution in [0.15, 0.2) is 64.0 Å². The summed E-state index contributed by atoms with van der Waals surface area (Å²) in [6.07, 6.45) is 1.83. The summed E-state index contributed by atoms with van der Waals surface area (Å²) in [6.45, 7) is 2.67. The largest absolute Gasteiger partial charge is 0.258 e. The molecular weight excluding hydrogens is 436 g/mol. The molecule has 1 aromatic heterocycles. The summed E-state index contributed by atoms with van der Waals surface area (Å²) in [5, 5.41) is 6.62. The van der Waals surface area contributed by atoms with Gasteiger partial charge in [-0.05, 0) is 59.8 Å². The lowest BCUT2D eigenvalue weighted by Crippen LogP contribution is -2.12. The van der Waals surface area contributed by atoms with Crippen molar-refractivity contribution in [3.05, 3.63) is 73.7 Å². The molecule has 0 N–H and O–H groups in total. The Balaban J connectivity index is 2.08. The van der Waals surface area contributed by atoms with E-state index in [1.165, 1.54) is 23.5 Å². The van der Waals surface area contributed by atoms with Crippen molar-refractivity contribution >= 4 is 40.1 Å². The molecule has 122 valence electrons. The Morgan fingerprint density at radius 1 is 1.17 bits per heavy atom. The van der Waals surface area contributed by atoms with Crippen molar-refractivity contribution in [1.29, 1.82) is 0 Å². The van der Waals surface area contributed by atoms with Crippen LogP contribution in [-0.4, -0.2) is 17.4 Å². The van der Waals surface area contributed by atoms with E-state index in [-0.39, 0.29) is 5.82 Å². The third-order valence-electron chi connectivity index (χ3n) is 3.34. The third-order valence-corrected chi connectivity index (χ3v) is 5.17. The maximum atomic E-state index is 13.2. The molecule has 24 heavy (non-hydrogen) atoms. The number of hydrogen-bond donors (Lipinski definition) is 0. The van der Waals surface area contributed by atoms with Crippen LogP contribution >= 0.6 is 33.9 Å². The van der Waals surface area contributed by atoms with E-state index in [1.807, 2.05) is 47.5 Å². The van der Waals surface area contributed by atoms with Crippen LogP contribution < -0.4 is 4.80 Å². The van der Waals surface area contributed by atoms with E-state index >= 15 is 0 Å². The van der Waals surface area contributed by atoms with Crippen molar-refractivity contribution in [2.75, 3.05) is 6.54 Å². The smallest absolute Gasteiger partial charge is 0.206 e. The molecule has 0 aliphatic carbocycles. The highest BCUT2D eigenvalue weighted by molar-refractivity contribution is 14.1. The predicted octanol–water partition coefficient (Wildman–Crippen LogP) is 4.76. The Labute approximate surface area is 157 Å². The van der Waals surface area contributed by atoms with Gasteiger partial charge in [0.25, 0.3) is 0 Å². The maximum absolute atomic E-state index is 13.2. The number of thiazole rings is 1.